The summed E-state index contributed by atoms with van der Waals surface area (Å²) < 4.78 is 2.23. The zero-order valence-electron chi connectivity index (χ0n) is 11.3. The summed E-state index contributed by atoms with van der Waals surface area (Å²) in [6, 6.07) is 16.5. The van der Waals surface area contributed by atoms with Crippen LogP contribution in [-0.2, 0) is 19.7 Å². The van der Waals surface area contributed by atoms with Crippen LogP contribution in [-0.4, -0.2) is 9.67 Å². The lowest BCUT2D eigenvalue weighted by molar-refractivity contribution is 0.282. The number of hydrogen-bond acceptors (Lipinski definition) is 2. The minimum absolute atomic E-state index is 0.0919. The van der Waals surface area contributed by atoms with Gasteiger partial charge in [-0.15, -0.1) is 0 Å². The van der Waals surface area contributed by atoms with Crippen LogP contribution in [0.5, 0.6) is 0 Å². The number of aromatic nitrogens is 1. The second kappa shape index (κ2) is 5.49. The first-order valence-electron chi connectivity index (χ1n) is 6.76. The molecule has 0 aliphatic carbocycles. The molecule has 0 amide bonds. The van der Waals surface area contributed by atoms with Gasteiger partial charge in [-0.05, 0) is 40.3 Å². The zero-order chi connectivity index (χ0) is 13.9. The summed E-state index contributed by atoms with van der Waals surface area (Å²) in [5, 5.41) is 10.3. The van der Waals surface area contributed by atoms with Gasteiger partial charge in [0.2, 0.25) is 0 Å². The van der Waals surface area contributed by atoms with Crippen molar-refractivity contribution >= 4 is 10.9 Å². The fraction of sp³-hybridized carbons (Fsp3) is 0.176. The van der Waals surface area contributed by atoms with Crippen LogP contribution in [0.2, 0.25) is 0 Å². The quantitative estimate of drug-likeness (QED) is 0.762. The van der Waals surface area contributed by atoms with Gasteiger partial charge in [-0.25, -0.2) is 0 Å². The van der Waals surface area contributed by atoms with Gasteiger partial charge in [-0.2, -0.15) is 0 Å². The number of rotatable bonds is 4. The normalized spacial score (nSPS) is 11.1. The highest BCUT2D eigenvalue weighted by atomic mass is 16.3. The highest BCUT2D eigenvalue weighted by Gasteiger charge is 2.03. The van der Waals surface area contributed by atoms with Crippen molar-refractivity contribution in [3.63, 3.8) is 0 Å². The second-order valence-electron chi connectivity index (χ2n) is 5.02. The Labute approximate surface area is 118 Å². The lowest BCUT2D eigenvalue weighted by Crippen LogP contribution is -1.99. The summed E-state index contributed by atoms with van der Waals surface area (Å²) in [7, 11) is 0. The Kier molecular flexibility index (Phi) is 3.54. The topological polar surface area (TPSA) is 51.2 Å². The standard InChI is InChI=1S/C17H18N2O/c18-10-15-5-6-17-16(9-15)7-8-19(17)11-13-1-3-14(12-20)4-2-13/h1-9,20H,10-12,18H2. The molecule has 0 atom stereocenters. The van der Waals surface area contributed by atoms with Gasteiger partial charge in [0, 0.05) is 24.8 Å². The minimum atomic E-state index is 0.0919. The molecule has 0 radical (unpaired) electrons. The van der Waals surface area contributed by atoms with Gasteiger partial charge in [-0.3, -0.25) is 0 Å². The van der Waals surface area contributed by atoms with E-state index in [4.69, 9.17) is 10.8 Å². The van der Waals surface area contributed by atoms with Crippen LogP contribution in [0.4, 0.5) is 0 Å². The van der Waals surface area contributed by atoms with E-state index in [-0.39, 0.29) is 6.61 Å². The monoisotopic (exact) mass is 266 g/mol. The third-order valence-electron chi connectivity index (χ3n) is 3.63. The summed E-state index contributed by atoms with van der Waals surface area (Å²) in [6.07, 6.45) is 2.10. The molecular formula is C17H18N2O. The summed E-state index contributed by atoms with van der Waals surface area (Å²) in [5.41, 5.74) is 10.2. The largest absolute Gasteiger partial charge is 0.392 e. The van der Waals surface area contributed by atoms with Gasteiger partial charge in [0.15, 0.2) is 0 Å². The van der Waals surface area contributed by atoms with Crippen molar-refractivity contribution < 1.29 is 5.11 Å². The molecule has 1 heterocycles. The van der Waals surface area contributed by atoms with Gasteiger partial charge < -0.3 is 15.4 Å². The molecule has 2 aromatic carbocycles. The van der Waals surface area contributed by atoms with Crippen LogP contribution in [0.15, 0.2) is 54.7 Å². The molecule has 20 heavy (non-hydrogen) atoms. The van der Waals surface area contributed by atoms with Crippen LogP contribution in [0.25, 0.3) is 10.9 Å². The molecule has 3 N–H and O–H groups in total. The molecule has 0 aliphatic heterocycles. The number of nitrogens with two attached hydrogens (primary N) is 1. The second-order valence-corrected chi connectivity index (χ2v) is 5.02. The number of fused-ring (bicyclic) bond motifs is 1. The number of benzene rings is 2. The van der Waals surface area contributed by atoms with Crippen molar-refractivity contribution in [1.29, 1.82) is 0 Å². The molecule has 0 saturated carbocycles. The maximum atomic E-state index is 9.06. The Morgan fingerprint density at radius 1 is 0.900 bits per heavy atom. The first-order chi connectivity index (χ1) is 9.80. The molecule has 0 aliphatic rings. The van der Waals surface area contributed by atoms with E-state index in [0.29, 0.717) is 6.54 Å². The Morgan fingerprint density at radius 3 is 2.30 bits per heavy atom. The molecule has 0 bridgehead atoms. The molecule has 102 valence electrons. The van der Waals surface area contributed by atoms with Crippen molar-refractivity contribution in [2.45, 2.75) is 19.7 Å². The number of aliphatic hydroxyl groups excluding tert-OH is 1. The minimum Gasteiger partial charge on any atom is -0.392 e. The van der Waals surface area contributed by atoms with Crippen molar-refractivity contribution in [1.82, 2.24) is 4.57 Å². The average molecular weight is 266 g/mol. The number of nitrogens with zero attached hydrogens (tertiary/aromatic N) is 1. The van der Waals surface area contributed by atoms with Gasteiger partial charge >= 0.3 is 0 Å². The lowest BCUT2D eigenvalue weighted by atomic mass is 10.1. The fourth-order valence-electron chi connectivity index (χ4n) is 2.46. The molecule has 3 rings (SSSR count). The van der Waals surface area contributed by atoms with E-state index in [1.54, 1.807) is 0 Å². The number of aliphatic hydroxyl groups is 1. The highest BCUT2D eigenvalue weighted by molar-refractivity contribution is 5.81. The summed E-state index contributed by atoms with van der Waals surface area (Å²) in [5.74, 6) is 0. The molecule has 3 heteroatoms. The molecule has 0 unspecified atom stereocenters. The van der Waals surface area contributed by atoms with Crippen LogP contribution in [0, 0.1) is 0 Å². The summed E-state index contributed by atoms with van der Waals surface area (Å²) >= 11 is 0. The summed E-state index contributed by atoms with van der Waals surface area (Å²) in [4.78, 5) is 0. The first-order valence-corrected chi connectivity index (χ1v) is 6.76. The predicted molar refractivity (Wildman–Crippen MR) is 81.3 cm³/mol. The van der Waals surface area contributed by atoms with Gasteiger partial charge in [0.25, 0.3) is 0 Å². The molecule has 0 fully saturated rings. The third kappa shape index (κ3) is 2.46. The van der Waals surface area contributed by atoms with E-state index in [0.717, 1.165) is 17.7 Å². The van der Waals surface area contributed by atoms with Crippen LogP contribution in [0.1, 0.15) is 16.7 Å². The molecule has 3 nitrogen and oxygen atoms in total. The van der Waals surface area contributed by atoms with Crippen molar-refractivity contribution in [2.24, 2.45) is 5.73 Å². The van der Waals surface area contributed by atoms with E-state index in [1.807, 2.05) is 12.1 Å². The predicted octanol–water partition coefficient (Wildman–Crippen LogP) is 2.64. The third-order valence-corrected chi connectivity index (χ3v) is 3.63. The highest BCUT2D eigenvalue weighted by Crippen LogP contribution is 2.19. The first kappa shape index (κ1) is 12.9. The van der Waals surface area contributed by atoms with Crippen LogP contribution in [0.3, 0.4) is 0 Å². The Balaban J connectivity index is 1.90. The van der Waals surface area contributed by atoms with E-state index in [2.05, 4.69) is 47.2 Å². The van der Waals surface area contributed by atoms with Gasteiger partial charge in [0.1, 0.15) is 0 Å². The van der Waals surface area contributed by atoms with Gasteiger partial charge in [-0.1, -0.05) is 30.3 Å². The summed E-state index contributed by atoms with van der Waals surface area (Å²) in [6.45, 7) is 1.50. The molecule has 0 spiro atoms. The Morgan fingerprint density at radius 2 is 1.60 bits per heavy atom. The Hall–Kier alpha value is -2.10. The smallest absolute Gasteiger partial charge is 0.0681 e. The van der Waals surface area contributed by atoms with Crippen molar-refractivity contribution in [3.05, 3.63) is 71.4 Å². The molecule has 1 aromatic heterocycles. The molecular weight excluding hydrogens is 248 g/mol. The van der Waals surface area contributed by atoms with Crippen LogP contribution < -0.4 is 5.73 Å². The van der Waals surface area contributed by atoms with Crippen molar-refractivity contribution in [3.8, 4) is 0 Å². The SMILES string of the molecule is NCc1ccc2c(ccn2Cc2ccc(CO)cc2)c1. The van der Waals surface area contributed by atoms with Crippen LogP contribution >= 0.6 is 0 Å². The van der Waals surface area contributed by atoms with E-state index >= 15 is 0 Å². The maximum Gasteiger partial charge on any atom is 0.0681 e. The maximum absolute atomic E-state index is 9.06. The Bertz CT molecular complexity index is 713. The number of hydrogen-bond donors (Lipinski definition) is 2. The van der Waals surface area contributed by atoms with Gasteiger partial charge in [0.05, 0.1) is 6.61 Å². The van der Waals surface area contributed by atoms with E-state index in [9.17, 15) is 0 Å². The lowest BCUT2D eigenvalue weighted by Gasteiger charge is -2.07. The van der Waals surface area contributed by atoms with E-state index in [1.165, 1.54) is 16.5 Å². The fourth-order valence-corrected chi connectivity index (χ4v) is 2.46. The molecule has 3 aromatic rings. The van der Waals surface area contributed by atoms with Crippen molar-refractivity contribution in [2.75, 3.05) is 0 Å². The molecule has 0 saturated heterocycles. The average Bonchev–Trinajstić information content (AvgIpc) is 2.90. The zero-order valence-corrected chi connectivity index (χ0v) is 11.3. The van der Waals surface area contributed by atoms with E-state index < -0.39 is 0 Å².